The summed E-state index contributed by atoms with van der Waals surface area (Å²) in [6, 6.07) is 4.72. The van der Waals surface area contributed by atoms with Gasteiger partial charge in [-0.2, -0.15) is 4.31 Å². The first kappa shape index (κ1) is 14.8. The number of rotatable bonds is 6. The van der Waals surface area contributed by atoms with Crippen LogP contribution in [0.2, 0.25) is 5.02 Å². The van der Waals surface area contributed by atoms with Gasteiger partial charge in [0.2, 0.25) is 10.0 Å². The van der Waals surface area contributed by atoms with E-state index in [-0.39, 0.29) is 22.6 Å². The maximum absolute atomic E-state index is 12.7. The van der Waals surface area contributed by atoms with Crippen LogP contribution < -0.4 is 0 Å². The maximum Gasteiger partial charge on any atom is 0.244 e. The van der Waals surface area contributed by atoms with E-state index >= 15 is 0 Å². The van der Waals surface area contributed by atoms with Crippen LogP contribution in [0.4, 0.5) is 0 Å². The molecular formula is C13H18ClNO3S. The molecule has 6 heteroatoms. The largest absolute Gasteiger partial charge is 0.392 e. The molecular weight excluding hydrogens is 286 g/mol. The lowest BCUT2D eigenvalue weighted by atomic mass is 10.2. The van der Waals surface area contributed by atoms with Crippen LogP contribution in [-0.4, -0.2) is 30.4 Å². The highest BCUT2D eigenvalue weighted by Crippen LogP contribution is 2.34. The van der Waals surface area contributed by atoms with Crippen molar-refractivity contribution in [2.75, 3.05) is 6.54 Å². The lowest BCUT2D eigenvalue weighted by Crippen LogP contribution is -2.34. The van der Waals surface area contributed by atoms with Crippen LogP contribution in [0.5, 0.6) is 0 Å². The predicted molar refractivity (Wildman–Crippen MR) is 74.6 cm³/mol. The van der Waals surface area contributed by atoms with Crippen molar-refractivity contribution >= 4 is 21.6 Å². The molecule has 19 heavy (non-hydrogen) atoms. The topological polar surface area (TPSA) is 57.6 Å². The number of aliphatic hydroxyl groups is 1. The molecule has 0 bridgehead atoms. The molecule has 0 atom stereocenters. The first-order valence-corrected chi connectivity index (χ1v) is 8.23. The Morgan fingerprint density at radius 3 is 2.63 bits per heavy atom. The van der Waals surface area contributed by atoms with Crippen molar-refractivity contribution in [1.82, 2.24) is 4.31 Å². The van der Waals surface area contributed by atoms with Crippen LogP contribution in [-0.2, 0) is 16.6 Å². The van der Waals surface area contributed by atoms with Crippen LogP contribution in [0.3, 0.4) is 0 Å². The number of benzene rings is 1. The maximum atomic E-state index is 12.7. The summed E-state index contributed by atoms with van der Waals surface area (Å²) in [5.74, 6) is 0. The molecule has 4 nitrogen and oxygen atoms in total. The number of halogens is 1. The Balaban J connectivity index is 2.42. The van der Waals surface area contributed by atoms with Gasteiger partial charge in [0.1, 0.15) is 4.90 Å². The molecule has 0 radical (unpaired) electrons. The summed E-state index contributed by atoms with van der Waals surface area (Å²) in [5.41, 5.74) is 0.551. The minimum Gasteiger partial charge on any atom is -0.392 e. The van der Waals surface area contributed by atoms with Gasteiger partial charge in [-0.25, -0.2) is 8.42 Å². The SMILES string of the molecule is CCCN(C1CC1)S(=O)(=O)c1cc(CO)ccc1Cl. The highest BCUT2D eigenvalue weighted by molar-refractivity contribution is 7.89. The van der Waals surface area contributed by atoms with Crippen LogP contribution in [0.1, 0.15) is 31.7 Å². The summed E-state index contributed by atoms with van der Waals surface area (Å²) >= 11 is 6.02. The van der Waals surface area contributed by atoms with Gasteiger partial charge in [-0.3, -0.25) is 0 Å². The highest BCUT2D eigenvalue weighted by atomic mass is 35.5. The second-order valence-corrected chi connectivity index (χ2v) is 7.04. The fourth-order valence-electron chi connectivity index (χ4n) is 2.05. The van der Waals surface area contributed by atoms with E-state index in [0.29, 0.717) is 12.1 Å². The summed E-state index contributed by atoms with van der Waals surface area (Å²) in [5, 5.41) is 9.34. The molecule has 1 aromatic carbocycles. The zero-order chi connectivity index (χ0) is 14.0. The Kier molecular flexibility index (Phi) is 4.50. The third-order valence-electron chi connectivity index (χ3n) is 3.16. The van der Waals surface area contributed by atoms with E-state index in [4.69, 9.17) is 16.7 Å². The Hall–Kier alpha value is -0.620. The van der Waals surface area contributed by atoms with Crippen LogP contribution >= 0.6 is 11.6 Å². The number of aliphatic hydroxyl groups excluding tert-OH is 1. The quantitative estimate of drug-likeness (QED) is 0.878. The standard InChI is InChI=1S/C13H18ClNO3S/c1-2-7-15(11-4-5-11)19(17,18)13-8-10(9-16)3-6-12(13)14/h3,6,8,11,16H,2,4-5,7,9H2,1H3. The van der Waals surface area contributed by atoms with Gasteiger partial charge in [0.05, 0.1) is 11.6 Å². The summed E-state index contributed by atoms with van der Waals surface area (Å²) in [7, 11) is -3.57. The van der Waals surface area contributed by atoms with Gasteiger partial charge in [0.15, 0.2) is 0 Å². The lowest BCUT2D eigenvalue weighted by Gasteiger charge is -2.22. The van der Waals surface area contributed by atoms with Crippen molar-refractivity contribution in [3.8, 4) is 0 Å². The molecule has 0 aromatic heterocycles. The molecule has 0 spiro atoms. The third-order valence-corrected chi connectivity index (χ3v) is 5.60. The van der Waals surface area contributed by atoms with Crippen molar-refractivity contribution in [3.05, 3.63) is 28.8 Å². The van der Waals surface area contributed by atoms with Crippen molar-refractivity contribution < 1.29 is 13.5 Å². The second-order valence-electron chi connectivity index (χ2n) is 4.77. The Bertz CT molecular complexity index is 555. The second kappa shape index (κ2) is 5.79. The molecule has 1 aliphatic rings. The number of nitrogens with zero attached hydrogens (tertiary/aromatic N) is 1. The van der Waals surface area contributed by atoms with E-state index in [9.17, 15) is 8.42 Å². The molecule has 0 amide bonds. The summed E-state index contributed by atoms with van der Waals surface area (Å²) in [6.45, 7) is 2.26. The number of hydrogen-bond donors (Lipinski definition) is 1. The monoisotopic (exact) mass is 303 g/mol. The Morgan fingerprint density at radius 2 is 2.11 bits per heavy atom. The normalized spacial score (nSPS) is 16.0. The number of hydrogen-bond acceptors (Lipinski definition) is 3. The van der Waals surface area contributed by atoms with E-state index in [1.54, 1.807) is 6.07 Å². The zero-order valence-electron chi connectivity index (χ0n) is 10.8. The molecule has 1 aromatic rings. The van der Waals surface area contributed by atoms with Crippen molar-refractivity contribution in [1.29, 1.82) is 0 Å². The predicted octanol–water partition coefficient (Wildman–Crippen LogP) is 2.40. The van der Waals surface area contributed by atoms with Crippen molar-refractivity contribution in [2.45, 2.75) is 43.7 Å². The molecule has 1 N–H and O–H groups in total. The molecule has 0 unspecified atom stereocenters. The zero-order valence-corrected chi connectivity index (χ0v) is 12.4. The van der Waals surface area contributed by atoms with E-state index in [2.05, 4.69) is 0 Å². The van der Waals surface area contributed by atoms with Gasteiger partial charge in [-0.15, -0.1) is 0 Å². The van der Waals surface area contributed by atoms with E-state index in [0.717, 1.165) is 19.3 Å². The smallest absolute Gasteiger partial charge is 0.244 e. The summed E-state index contributed by atoms with van der Waals surface area (Å²) in [6.07, 6.45) is 2.60. The van der Waals surface area contributed by atoms with Crippen molar-refractivity contribution in [2.24, 2.45) is 0 Å². The van der Waals surface area contributed by atoms with E-state index in [1.807, 2.05) is 6.92 Å². The number of sulfonamides is 1. The van der Waals surface area contributed by atoms with Gasteiger partial charge < -0.3 is 5.11 Å². The molecule has 1 fully saturated rings. The molecule has 0 heterocycles. The van der Waals surface area contributed by atoms with E-state index < -0.39 is 10.0 Å². The minimum absolute atomic E-state index is 0.0982. The molecule has 1 aliphatic carbocycles. The Labute approximate surface area is 119 Å². The average Bonchev–Trinajstić information content (AvgIpc) is 3.20. The van der Waals surface area contributed by atoms with Gasteiger partial charge in [-0.05, 0) is 37.0 Å². The first-order chi connectivity index (χ1) is 9.00. The van der Waals surface area contributed by atoms with Crippen molar-refractivity contribution in [3.63, 3.8) is 0 Å². The molecule has 1 saturated carbocycles. The highest BCUT2D eigenvalue weighted by Gasteiger charge is 2.38. The van der Waals surface area contributed by atoms with Gasteiger partial charge in [0, 0.05) is 12.6 Å². The molecule has 0 aliphatic heterocycles. The average molecular weight is 304 g/mol. The molecule has 2 rings (SSSR count). The van der Waals surface area contributed by atoms with Gasteiger partial charge in [0.25, 0.3) is 0 Å². The van der Waals surface area contributed by atoms with Crippen LogP contribution in [0, 0.1) is 0 Å². The molecule has 0 saturated heterocycles. The summed E-state index contributed by atoms with van der Waals surface area (Å²) < 4.78 is 26.8. The van der Waals surface area contributed by atoms with Crippen LogP contribution in [0.25, 0.3) is 0 Å². The Morgan fingerprint density at radius 1 is 1.42 bits per heavy atom. The van der Waals surface area contributed by atoms with Gasteiger partial charge in [-0.1, -0.05) is 24.6 Å². The first-order valence-electron chi connectivity index (χ1n) is 6.41. The van der Waals surface area contributed by atoms with E-state index in [1.165, 1.54) is 16.4 Å². The molecule has 106 valence electrons. The lowest BCUT2D eigenvalue weighted by molar-refractivity contribution is 0.281. The minimum atomic E-state index is -3.57. The summed E-state index contributed by atoms with van der Waals surface area (Å²) in [4.78, 5) is 0.0982. The van der Waals surface area contributed by atoms with Crippen LogP contribution in [0.15, 0.2) is 23.1 Å². The van der Waals surface area contributed by atoms with Gasteiger partial charge >= 0.3 is 0 Å². The fourth-order valence-corrected chi connectivity index (χ4v) is 4.36. The fraction of sp³-hybridized carbons (Fsp3) is 0.538. The third kappa shape index (κ3) is 3.11.